The molecule has 1 N–H and O–H groups in total. The summed E-state index contributed by atoms with van der Waals surface area (Å²) in [6.07, 6.45) is -3.32. The molecule has 1 unspecified atom stereocenters. The minimum Gasteiger partial charge on any atom is -0.488 e. The van der Waals surface area contributed by atoms with Crippen molar-refractivity contribution < 1.29 is 17.9 Å². The van der Waals surface area contributed by atoms with Crippen LogP contribution in [-0.4, -0.2) is 24.4 Å². The number of hydrogen-bond donors (Lipinski definition) is 1. The van der Waals surface area contributed by atoms with Gasteiger partial charge in [-0.05, 0) is 24.5 Å². The van der Waals surface area contributed by atoms with Gasteiger partial charge in [0.1, 0.15) is 17.4 Å². The third-order valence-corrected chi connectivity index (χ3v) is 3.67. The van der Waals surface area contributed by atoms with E-state index in [2.05, 4.69) is 5.32 Å². The predicted molar refractivity (Wildman–Crippen MR) is 60.6 cm³/mol. The SMILES string of the molecule is FC(F)(F)C1(NCC2Cc3ccccc3O2)CC1. The van der Waals surface area contributed by atoms with Gasteiger partial charge in [-0.15, -0.1) is 0 Å². The summed E-state index contributed by atoms with van der Waals surface area (Å²) in [6, 6.07) is 7.58. The summed E-state index contributed by atoms with van der Waals surface area (Å²) >= 11 is 0. The zero-order chi connectivity index (χ0) is 12.8. The van der Waals surface area contributed by atoms with Crippen LogP contribution in [0.25, 0.3) is 0 Å². The molecule has 98 valence electrons. The van der Waals surface area contributed by atoms with E-state index in [1.54, 1.807) is 0 Å². The zero-order valence-electron chi connectivity index (χ0n) is 9.76. The van der Waals surface area contributed by atoms with Gasteiger partial charge in [-0.2, -0.15) is 13.2 Å². The van der Waals surface area contributed by atoms with Crippen LogP contribution >= 0.6 is 0 Å². The molecule has 2 nitrogen and oxygen atoms in total. The summed E-state index contributed by atoms with van der Waals surface area (Å²) < 4.78 is 43.8. The number of halogens is 3. The fourth-order valence-corrected chi connectivity index (χ4v) is 2.36. The van der Waals surface area contributed by atoms with E-state index in [4.69, 9.17) is 4.74 Å². The molecule has 0 bridgehead atoms. The molecule has 2 aliphatic rings. The van der Waals surface area contributed by atoms with Crippen molar-refractivity contribution in [3.8, 4) is 5.75 Å². The lowest BCUT2D eigenvalue weighted by Crippen LogP contribution is -2.48. The first-order chi connectivity index (χ1) is 8.50. The number of benzene rings is 1. The summed E-state index contributed by atoms with van der Waals surface area (Å²) in [5, 5.41) is 2.64. The Morgan fingerprint density at radius 3 is 2.61 bits per heavy atom. The van der Waals surface area contributed by atoms with E-state index in [0.29, 0.717) is 6.42 Å². The lowest BCUT2D eigenvalue weighted by atomic mass is 10.1. The van der Waals surface area contributed by atoms with E-state index in [1.165, 1.54) is 0 Å². The lowest BCUT2D eigenvalue weighted by Gasteiger charge is -2.22. The van der Waals surface area contributed by atoms with Crippen LogP contribution in [0.15, 0.2) is 24.3 Å². The molecule has 3 rings (SSSR count). The van der Waals surface area contributed by atoms with Crippen molar-refractivity contribution in [2.24, 2.45) is 0 Å². The molecular formula is C13H14F3NO. The second-order valence-corrected chi connectivity index (χ2v) is 5.01. The molecule has 1 saturated carbocycles. The van der Waals surface area contributed by atoms with Gasteiger partial charge >= 0.3 is 6.18 Å². The van der Waals surface area contributed by atoms with E-state index in [1.807, 2.05) is 24.3 Å². The predicted octanol–water partition coefficient (Wildman–Crippen LogP) is 2.67. The largest absolute Gasteiger partial charge is 0.488 e. The number of hydrogen-bond acceptors (Lipinski definition) is 2. The summed E-state index contributed by atoms with van der Waals surface area (Å²) in [6.45, 7) is 0.244. The Morgan fingerprint density at radius 1 is 1.28 bits per heavy atom. The summed E-state index contributed by atoms with van der Waals surface area (Å²) in [5.74, 6) is 0.793. The second-order valence-electron chi connectivity index (χ2n) is 5.01. The number of alkyl halides is 3. The molecule has 5 heteroatoms. The van der Waals surface area contributed by atoms with Gasteiger partial charge < -0.3 is 4.74 Å². The van der Waals surface area contributed by atoms with Crippen LogP contribution in [0.4, 0.5) is 13.2 Å². The van der Waals surface area contributed by atoms with Crippen molar-refractivity contribution in [1.82, 2.24) is 5.32 Å². The topological polar surface area (TPSA) is 21.3 Å². The molecule has 1 aromatic rings. The Balaban J connectivity index is 1.58. The molecular weight excluding hydrogens is 243 g/mol. The van der Waals surface area contributed by atoms with Crippen molar-refractivity contribution in [3.05, 3.63) is 29.8 Å². The molecule has 1 aromatic carbocycles. The Bertz CT molecular complexity index is 429. The number of fused-ring (bicyclic) bond motifs is 1. The Morgan fingerprint density at radius 2 is 2.00 bits per heavy atom. The van der Waals surface area contributed by atoms with Gasteiger partial charge in [-0.25, -0.2) is 0 Å². The molecule has 1 aliphatic heterocycles. The number of para-hydroxylation sites is 1. The molecule has 18 heavy (non-hydrogen) atoms. The molecule has 1 aliphatic carbocycles. The fraction of sp³-hybridized carbons (Fsp3) is 0.538. The van der Waals surface area contributed by atoms with Crippen molar-refractivity contribution in [3.63, 3.8) is 0 Å². The molecule has 1 heterocycles. The normalized spacial score (nSPS) is 24.5. The standard InChI is InChI=1S/C13H14F3NO/c14-13(15,16)12(5-6-12)17-8-10-7-9-3-1-2-4-11(9)18-10/h1-4,10,17H,5-8H2. The first kappa shape index (κ1) is 11.8. The zero-order valence-corrected chi connectivity index (χ0v) is 9.76. The van der Waals surface area contributed by atoms with Crippen molar-refractivity contribution >= 4 is 0 Å². The van der Waals surface area contributed by atoms with Crippen LogP contribution in [0.2, 0.25) is 0 Å². The van der Waals surface area contributed by atoms with E-state index in [-0.39, 0.29) is 25.5 Å². The molecule has 1 atom stereocenters. The van der Waals surface area contributed by atoms with Gasteiger partial charge in [0.15, 0.2) is 0 Å². The van der Waals surface area contributed by atoms with Crippen molar-refractivity contribution in [1.29, 1.82) is 0 Å². The lowest BCUT2D eigenvalue weighted by molar-refractivity contribution is -0.166. The highest BCUT2D eigenvalue weighted by atomic mass is 19.4. The maximum Gasteiger partial charge on any atom is 0.406 e. The van der Waals surface area contributed by atoms with E-state index in [0.717, 1.165) is 11.3 Å². The highest BCUT2D eigenvalue weighted by Gasteiger charge is 2.63. The molecule has 0 aromatic heterocycles. The number of ether oxygens (including phenoxy) is 1. The maximum atomic E-state index is 12.7. The van der Waals surface area contributed by atoms with Crippen LogP contribution in [-0.2, 0) is 6.42 Å². The first-order valence-corrected chi connectivity index (χ1v) is 6.06. The van der Waals surface area contributed by atoms with Crippen LogP contribution in [0, 0.1) is 0 Å². The number of nitrogens with one attached hydrogen (secondary N) is 1. The third kappa shape index (κ3) is 1.96. The third-order valence-electron chi connectivity index (χ3n) is 3.67. The van der Waals surface area contributed by atoms with Crippen LogP contribution < -0.4 is 10.1 Å². The Kier molecular flexibility index (Phi) is 2.55. The minimum absolute atomic E-state index is 0.177. The summed E-state index contributed by atoms with van der Waals surface area (Å²) in [7, 11) is 0. The maximum absolute atomic E-state index is 12.7. The smallest absolute Gasteiger partial charge is 0.406 e. The van der Waals surface area contributed by atoms with Gasteiger partial charge in [-0.3, -0.25) is 5.32 Å². The minimum atomic E-state index is -4.15. The quantitative estimate of drug-likeness (QED) is 0.899. The van der Waals surface area contributed by atoms with Gasteiger partial charge in [0.2, 0.25) is 0 Å². The summed E-state index contributed by atoms with van der Waals surface area (Å²) in [5.41, 5.74) is -0.577. The average molecular weight is 257 g/mol. The summed E-state index contributed by atoms with van der Waals surface area (Å²) in [4.78, 5) is 0. The highest BCUT2D eigenvalue weighted by Crippen LogP contribution is 2.49. The molecule has 0 spiro atoms. The molecule has 0 amide bonds. The van der Waals surface area contributed by atoms with Crippen LogP contribution in [0.1, 0.15) is 18.4 Å². The monoisotopic (exact) mass is 257 g/mol. The Hall–Kier alpha value is -1.23. The van der Waals surface area contributed by atoms with E-state index in [9.17, 15) is 13.2 Å². The second kappa shape index (κ2) is 3.88. The van der Waals surface area contributed by atoms with E-state index < -0.39 is 11.7 Å². The molecule has 0 saturated heterocycles. The van der Waals surface area contributed by atoms with Gasteiger partial charge in [0.05, 0.1) is 0 Å². The first-order valence-electron chi connectivity index (χ1n) is 6.06. The average Bonchev–Trinajstić information content (AvgIpc) is 3.00. The van der Waals surface area contributed by atoms with E-state index >= 15 is 0 Å². The molecule has 0 radical (unpaired) electrons. The number of rotatable bonds is 3. The van der Waals surface area contributed by atoms with Crippen molar-refractivity contribution in [2.75, 3.05) is 6.54 Å². The molecule has 1 fully saturated rings. The van der Waals surface area contributed by atoms with Gasteiger partial charge in [0, 0.05) is 13.0 Å². The Labute approximate surface area is 103 Å². The van der Waals surface area contributed by atoms with Gasteiger partial charge in [0.25, 0.3) is 0 Å². The highest BCUT2D eigenvalue weighted by molar-refractivity contribution is 5.37. The van der Waals surface area contributed by atoms with Crippen molar-refractivity contribution in [2.45, 2.75) is 37.1 Å². The van der Waals surface area contributed by atoms with Gasteiger partial charge in [-0.1, -0.05) is 18.2 Å². The van der Waals surface area contributed by atoms with Crippen LogP contribution in [0.5, 0.6) is 5.75 Å². The fourth-order valence-electron chi connectivity index (χ4n) is 2.36. The van der Waals surface area contributed by atoms with Crippen LogP contribution in [0.3, 0.4) is 0 Å².